The van der Waals surface area contributed by atoms with Gasteiger partial charge in [0.1, 0.15) is 12.4 Å². The van der Waals surface area contributed by atoms with Crippen molar-refractivity contribution in [1.82, 2.24) is 0 Å². The molecule has 0 spiro atoms. The molecule has 0 radical (unpaired) electrons. The van der Waals surface area contributed by atoms with E-state index in [0.717, 1.165) is 31.4 Å². The molecule has 1 fully saturated rings. The van der Waals surface area contributed by atoms with Crippen LogP contribution in [0.1, 0.15) is 31.2 Å². The first kappa shape index (κ1) is 10.5. The Hall–Kier alpha value is -1.02. The Morgan fingerprint density at radius 1 is 1.33 bits per heavy atom. The largest absolute Gasteiger partial charge is 0.491 e. The molecule has 1 N–H and O–H groups in total. The smallest absolute Gasteiger partial charge is 0.119 e. The molecule has 0 amide bonds. The third-order valence-corrected chi connectivity index (χ3v) is 3.03. The highest BCUT2D eigenvalue weighted by Gasteiger charge is 2.31. The van der Waals surface area contributed by atoms with Crippen molar-refractivity contribution in [1.29, 1.82) is 0 Å². The van der Waals surface area contributed by atoms with Crippen molar-refractivity contribution >= 4 is 0 Å². The molecule has 82 valence electrons. The average molecular weight is 206 g/mol. The zero-order chi connectivity index (χ0) is 10.7. The predicted octanol–water partition coefficient (Wildman–Crippen LogP) is 2.68. The van der Waals surface area contributed by atoms with Gasteiger partial charge in [-0.2, -0.15) is 0 Å². The van der Waals surface area contributed by atoms with Gasteiger partial charge in [0.25, 0.3) is 0 Å². The number of hydrogen-bond donors (Lipinski definition) is 1. The van der Waals surface area contributed by atoms with E-state index in [0.29, 0.717) is 6.61 Å². The van der Waals surface area contributed by atoms with Crippen molar-refractivity contribution in [2.75, 3.05) is 6.61 Å². The summed E-state index contributed by atoms with van der Waals surface area (Å²) in [5.41, 5.74) is 0.606. The van der Waals surface area contributed by atoms with Crippen LogP contribution in [0.5, 0.6) is 5.75 Å². The van der Waals surface area contributed by atoms with Crippen LogP contribution < -0.4 is 4.74 Å². The number of benzene rings is 1. The van der Waals surface area contributed by atoms with Crippen molar-refractivity contribution in [2.24, 2.45) is 0 Å². The fourth-order valence-corrected chi connectivity index (χ4v) is 2.10. The molecule has 0 unspecified atom stereocenters. The van der Waals surface area contributed by atoms with Gasteiger partial charge in [0.15, 0.2) is 0 Å². The second-order valence-electron chi connectivity index (χ2n) is 4.54. The highest BCUT2D eigenvalue weighted by molar-refractivity contribution is 5.27. The number of aryl methyl sites for hydroxylation is 1. The molecule has 0 atom stereocenters. The molecule has 1 aromatic carbocycles. The number of hydrogen-bond acceptors (Lipinski definition) is 2. The molecular formula is C13H18O2. The van der Waals surface area contributed by atoms with Crippen LogP contribution in [0.25, 0.3) is 0 Å². The SMILES string of the molecule is Cc1cccc(OCC2(O)CCCC2)c1. The lowest BCUT2D eigenvalue weighted by atomic mass is 10.0. The van der Waals surface area contributed by atoms with Crippen LogP contribution >= 0.6 is 0 Å². The molecule has 1 aliphatic rings. The van der Waals surface area contributed by atoms with Crippen LogP contribution in [0.2, 0.25) is 0 Å². The standard InChI is InChI=1S/C13H18O2/c1-11-5-4-6-12(9-11)15-10-13(14)7-2-3-8-13/h4-6,9,14H,2-3,7-8,10H2,1H3. The van der Waals surface area contributed by atoms with E-state index in [2.05, 4.69) is 0 Å². The lowest BCUT2D eigenvalue weighted by Crippen LogP contribution is -2.32. The Bertz CT molecular complexity index is 327. The second kappa shape index (κ2) is 4.23. The second-order valence-corrected chi connectivity index (χ2v) is 4.54. The summed E-state index contributed by atoms with van der Waals surface area (Å²) in [5.74, 6) is 0.857. The summed E-state index contributed by atoms with van der Waals surface area (Å²) >= 11 is 0. The van der Waals surface area contributed by atoms with Crippen molar-refractivity contribution in [3.05, 3.63) is 29.8 Å². The van der Waals surface area contributed by atoms with Crippen LogP contribution in [0.4, 0.5) is 0 Å². The maximum Gasteiger partial charge on any atom is 0.119 e. The number of ether oxygens (including phenoxy) is 1. The summed E-state index contributed by atoms with van der Waals surface area (Å²) in [6.07, 6.45) is 3.99. The van der Waals surface area contributed by atoms with Crippen molar-refractivity contribution in [3.8, 4) is 5.75 Å². The molecule has 0 saturated heterocycles. The maximum absolute atomic E-state index is 10.1. The van der Waals surface area contributed by atoms with Crippen LogP contribution in [0, 0.1) is 6.92 Å². The Balaban J connectivity index is 1.92. The van der Waals surface area contributed by atoms with Gasteiger partial charge >= 0.3 is 0 Å². The van der Waals surface area contributed by atoms with Crippen molar-refractivity contribution in [3.63, 3.8) is 0 Å². The summed E-state index contributed by atoms with van der Waals surface area (Å²) in [6, 6.07) is 7.95. The first-order valence-electron chi connectivity index (χ1n) is 5.60. The van der Waals surface area contributed by atoms with E-state index in [1.54, 1.807) is 0 Å². The normalized spacial score (nSPS) is 19.1. The van der Waals surface area contributed by atoms with E-state index >= 15 is 0 Å². The van der Waals surface area contributed by atoms with E-state index < -0.39 is 5.60 Å². The first-order valence-corrected chi connectivity index (χ1v) is 5.60. The lowest BCUT2D eigenvalue weighted by Gasteiger charge is -2.22. The first-order chi connectivity index (χ1) is 7.18. The minimum absolute atomic E-state index is 0.427. The van der Waals surface area contributed by atoms with Gasteiger partial charge in [-0.25, -0.2) is 0 Å². The van der Waals surface area contributed by atoms with E-state index in [1.807, 2.05) is 31.2 Å². The summed E-state index contributed by atoms with van der Waals surface area (Å²) in [4.78, 5) is 0. The molecule has 0 aliphatic heterocycles. The zero-order valence-electron chi connectivity index (χ0n) is 9.20. The molecule has 2 nitrogen and oxygen atoms in total. The molecule has 1 saturated carbocycles. The summed E-state index contributed by atoms with van der Waals surface area (Å²) in [7, 11) is 0. The molecule has 0 bridgehead atoms. The molecule has 2 rings (SSSR count). The van der Waals surface area contributed by atoms with Crippen LogP contribution in [0.3, 0.4) is 0 Å². The minimum Gasteiger partial charge on any atom is -0.491 e. The van der Waals surface area contributed by atoms with Gasteiger partial charge < -0.3 is 9.84 Å². The topological polar surface area (TPSA) is 29.5 Å². The Morgan fingerprint density at radius 2 is 2.07 bits per heavy atom. The fraction of sp³-hybridized carbons (Fsp3) is 0.538. The van der Waals surface area contributed by atoms with E-state index in [-0.39, 0.29) is 0 Å². The average Bonchev–Trinajstić information content (AvgIpc) is 2.63. The van der Waals surface area contributed by atoms with Gasteiger partial charge in [-0.1, -0.05) is 25.0 Å². The van der Waals surface area contributed by atoms with Crippen LogP contribution in [-0.4, -0.2) is 17.3 Å². The third-order valence-electron chi connectivity index (χ3n) is 3.03. The molecule has 0 heterocycles. The van der Waals surface area contributed by atoms with E-state index in [4.69, 9.17) is 4.74 Å². The molecule has 2 heteroatoms. The Labute approximate surface area is 90.9 Å². The van der Waals surface area contributed by atoms with Crippen LogP contribution in [-0.2, 0) is 0 Å². The molecule has 1 aromatic rings. The van der Waals surface area contributed by atoms with Crippen molar-refractivity contribution in [2.45, 2.75) is 38.2 Å². The van der Waals surface area contributed by atoms with E-state index in [9.17, 15) is 5.11 Å². The quantitative estimate of drug-likeness (QED) is 0.824. The summed E-state index contributed by atoms with van der Waals surface area (Å²) in [6.45, 7) is 2.47. The minimum atomic E-state index is -0.580. The Morgan fingerprint density at radius 3 is 2.73 bits per heavy atom. The van der Waals surface area contributed by atoms with Gasteiger partial charge in [-0.15, -0.1) is 0 Å². The molecule has 15 heavy (non-hydrogen) atoms. The highest BCUT2D eigenvalue weighted by Crippen LogP contribution is 2.30. The van der Waals surface area contributed by atoms with Gasteiger partial charge in [-0.05, 0) is 37.5 Å². The third kappa shape index (κ3) is 2.72. The highest BCUT2D eigenvalue weighted by atomic mass is 16.5. The monoisotopic (exact) mass is 206 g/mol. The predicted molar refractivity (Wildman–Crippen MR) is 60.1 cm³/mol. The number of rotatable bonds is 3. The molecule has 1 aliphatic carbocycles. The molecular weight excluding hydrogens is 188 g/mol. The molecule has 0 aromatic heterocycles. The van der Waals surface area contributed by atoms with Gasteiger partial charge in [0.2, 0.25) is 0 Å². The van der Waals surface area contributed by atoms with Gasteiger partial charge in [0.05, 0.1) is 5.60 Å². The van der Waals surface area contributed by atoms with Crippen LogP contribution in [0.15, 0.2) is 24.3 Å². The lowest BCUT2D eigenvalue weighted by molar-refractivity contribution is 0.00139. The number of aliphatic hydroxyl groups is 1. The van der Waals surface area contributed by atoms with Gasteiger partial charge in [-0.3, -0.25) is 0 Å². The fourth-order valence-electron chi connectivity index (χ4n) is 2.10. The Kier molecular flexibility index (Phi) is 2.96. The zero-order valence-corrected chi connectivity index (χ0v) is 9.20. The summed E-state index contributed by atoms with van der Waals surface area (Å²) in [5, 5.41) is 10.1. The van der Waals surface area contributed by atoms with E-state index in [1.165, 1.54) is 5.56 Å². The van der Waals surface area contributed by atoms with Crippen molar-refractivity contribution < 1.29 is 9.84 Å². The maximum atomic E-state index is 10.1. The van der Waals surface area contributed by atoms with Gasteiger partial charge in [0, 0.05) is 0 Å². The summed E-state index contributed by atoms with van der Waals surface area (Å²) < 4.78 is 5.62.